The van der Waals surface area contributed by atoms with Crippen molar-refractivity contribution in [2.24, 2.45) is 17.6 Å². The fraction of sp³-hybridized carbons (Fsp3) is 0.600. The lowest BCUT2D eigenvalue weighted by Crippen LogP contribution is -2.33. The van der Waals surface area contributed by atoms with Gasteiger partial charge in [-0.2, -0.15) is 0 Å². The van der Waals surface area contributed by atoms with Gasteiger partial charge in [-0.05, 0) is 50.3 Å². The molecule has 4 nitrogen and oxygen atoms in total. The van der Waals surface area contributed by atoms with Crippen LogP contribution in [0.2, 0.25) is 0 Å². The number of hydrogen-bond donors (Lipinski definition) is 2. The molecule has 0 aromatic heterocycles. The van der Waals surface area contributed by atoms with Crippen molar-refractivity contribution in [2.45, 2.75) is 44.6 Å². The molecular formula is C15H26N2O2S. The molecule has 114 valence electrons. The summed E-state index contributed by atoms with van der Waals surface area (Å²) in [5.41, 5.74) is 5.74. The summed E-state index contributed by atoms with van der Waals surface area (Å²) in [6, 6.07) is 8.37. The van der Waals surface area contributed by atoms with Crippen molar-refractivity contribution in [3.05, 3.63) is 30.3 Å². The van der Waals surface area contributed by atoms with Crippen LogP contribution in [0.25, 0.3) is 0 Å². The van der Waals surface area contributed by atoms with E-state index in [-0.39, 0.29) is 6.04 Å². The van der Waals surface area contributed by atoms with Crippen LogP contribution in [0.3, 0.4) is 0 Å². The first-order valence-electron chi connectivity index (χ1n) is 7.14. The summed E-state index contributed by atoms with van der Waals surface area (Å²) < 4.78 is 27.0. The van der Waals surface area contributed by atoms with Crippen LogP contribution < -0.4 is 10.5 Å². The molecule has 0 radical (unpaired) electrons. The zero-order valence-electron chi connectivity index (χ0n) is 12.5. The molecule has 5 heteroatoms. The molecule has 0 aliphatic carbocycles. The number of hydrogen-bond acceptors (Lipinski definition) is 3. The minimum absolute atomic E-state index is 0.0898. The number of rotatable bonds is 8. The second-order valence-electron chi connectivity index (χ2n) is 5.65. The molecule has 0 saturated heterocycles. The van der Waals surface area contributed by atoms with Crippen molar-refractivity contribution in [3.8, 4) is 0 Å². The minimum Gasteiger partial charge on any atom is -0.330 e. The van der Waals surface area contributed by atoms with E-state index in [1.165, 1.54) is 0 Å². The van der Waals surface area contributed by atoms with Crippen LogP contribution in [-0.2, 0) is 10.0 Å². The lowest BCUT2D eigenvalue weighted by atomic mass is 9.90. The highest BCUT2D eigenvalue weighted by atomic mass is 32.2. The molecule has 0 heterocycles. The molecule has 0 saturated carbocycles. The Balaban J connectivity index is 2.56. The van der Waals surface area contributed by atoms with E-state index in [0.29, 0.717) is 23.3 Å². The third-order valence-electron chi connectivity index (χ3n) is 3.63. The van der Waals surface area contributed by atoms with Crippen LogP contribution in [-0.4, -0.2) is 21.0 Å². The molecular weight excluding hydrogens is 272 g/mol. The average Bonchev–Trinajstić information content (AvgIpc) is 2.39. The standard InChI is InChI=1S/C15H26N2O2S/c1-12(2)14(11-16)10-9-13(3)17-20(18,19)15-7-5-4-6-8-15/h4-8,12-14,17H,9-11,16H2,1-3H3/t13-,14+/m1/s1. The van der Waals surface area contributed by atoms with Gasteiger partial charge in [-0.1, -0.05) is 32.0 Å². The molecule has 0 fully saturated rings. The predicted molar refractivity (Wildman–Crippen MR) is 82.8 cm³/mol. The maximum atomic E-state index is 12.2. The molecule has 0 unspecified atom stereocenters. The van der Waals surface area contributed by atoms with E-state index in [1.54, 1.807) is 30.3 Å². The Bertz CT molecular complexity index is 486. The Labute approximate surface area is 122 Å². The van der Waals surface area contributed by atoms with E-state index in [0.717, 1.165) is 12.8 Å². The zero-order chi connectivity index (χ0) is 15.2. The maximum absolute atomic E-state index is 12.2. The normalized spacial score (nSPS) is 15.2. The van der Waals surface area contributed by atoms with Crippen LogP contribution in [0, 0.1) is 11.8 Å². The Morgan fingerprint density at radius 2 is 1.70 bits per heavy atom. The number of nitrogens with two attached hydrogens (primary N) is 1. The quantitative estimate of drug-likeness (QED) is 0.774. The Morgan fingerprint density at radius 3 is 2.20 bits per heavy atom. The van der Waals surface area contributed by atoms with Crippen LogP contribution in [0.15, 0.2) is 35.2 Å². The van der Waals surface area contributed by atoms with Crippen LogP contribution >= 0.6 is 0 Å². The van der Waals surface area contributed by atoms with E-state index >= 15 is 0 Å². The van der Waals surface area contributed by atoms with Gasteiger partial charge < -0.3 is 5.73 Å². The van der Waals surface area contributed by atoms with Gasteiger partial charge in [0, 0.05) is 6.04 Å². The number of nitrogens with one attached hydrogen (secondary N) is 1. The summed E-state index contributed by atoms with van der Waals surface area (Å²) >= 11 is 0. The van der Waals surface area contributed by atoms with E-state index in [2.05, 4.69) is 18.6 Å². The molecule has 1 aromatic rings. The molecule has 2 atom stereocenters. The lowest BCUT2D eigenvalue weighted by molar-refractivity contribution is 0.346. The third-order valence-corrected chi connectivity index (χ3v) is 5.23. The average molecular weight is 298 g/mol. The molecule has 0 aliphatic rings. The molecule has 3 N–H and O–H groups in total. The summed E-state index contributed by atoms with van der Waals surface area (Å²) in [4.78, 5) is 0.311. The van der Waals surface area contributed by atoms with Crippen molar-refractivity contribution in [1.29, 1.82) is 0 Å². The van der Waals surface area contributed by atoms with Gasteiger partial charge in [-0.3, -0.25) is 0 Å². The molecule has 0 amide bonds. The van der Waals surface area contributed by atoms with E-state index in [9.17, 15) is 8.42 Å². The van der Waals surface area contributed by atoms with Crippen molar-refractivity contribution in [1.82, 2.24) is 4.72 Å². The first kappa shape index (κ1) is 17.1. The van der Waals surface area contributed by atoms with Crippen molar-refractivity contribution in [2.75, 3.05) is 6.54 Å². The smallest absolute Gasteiger partial charge is 0.240 e. The minimum atomic E-state index is -3.42. The highest BCUT2D eigenvalue weighted by Gasteiger charge is 2.18. The third kappa shape index (κ3) is 5.23. The van der Waals surface area contributed by atoms with Crippen molar-refractivity contribution >= 4 is 10.0 Å². The number of benzene rings is 1. The predicted octanol–water partition coefficient (Wildman–Crippen LogP) is 2.36. The SMILES string of the molecule is CC(C)[C@H](CN)CC[C@@H](C)NS(=O)(=O)c1ccccc1. The van der Waals surface area contributed by atoms with Crippen LogP contribution in [0.1, 0.15) is 33.6 Å². The van der Waals surface area contributed by atoms with E-state index in [4.69, 9.17) is 5.73 Å². The monoisotopic (exact) mass is 298 g/mol. The molecule has 1 aromatic carbocycles. The first-order valence-corrected chi connectivity index (χ1v) is 8.62. The maximum Gasteiger partial charge on any atom is 0.240 e. The van der Waals surface area contributed by atoms with Crippen LogP contribution in [0.4, 0.5) is 0 Å². The summed E-state index contributed by atoms with van der Waals surface area (Å²) in [5.74, 6) is 0.969. The molecule has 1 rings (SSSR count). The van der Waals surface area contributed by atoms with Gasteiger partial charge in [-0.25, -0.2) is 13.1 Å². The van der Waals surface area contributed by atoms with Gasteiger partial charge in [0.1, 0.15) is 0 Å². The van der Waals surface area contributed by atoms with Gasteiger partial charge in [0.15, 0.2) is 0 Å². The summed E-state index contributed by atoms with van der Waals surface area (Å²) in [7, 11) is -3.42. The molecule has 20 heavy (non-hydrogen) atoms. The highest BCUT2D eigenvalue weighted by molar-refractivity contribution is 7.89. The van der Waals surface area contributed by atoms with Gasteiger partial charge in [0.2, 0.25) is 10.0 Å². The zero-order valence-corrected chi connectivity index (χ0v) is 13.4. The molecule has 0 bridgehead atoms. The topological polar surface area (TPSA) is 72.2 Å². The molecule has 0 aliphatic heterocycles. The molecule has 0 spiro atoms. The van der Waals surface area contributed by atoms with Gasteiger partial charge in [-0.15, -0.1) is 0 Å². The summed E-state index contributed by atoms with van der Waals surface area (Å²) in [5, 5.41) is 0. The first-order chi connectivity index (χ1) is 9.36. The second-order valence-corrected chi connectivity index (χ2v) is 7.37. The lowest BCUT2D eigenvalue weighted by Gasteiger charge is -2.21. The fourth-order valence-electron chi connectivity index (χ4n) is 2.18. The van der Waals surface area contributed by atoms with Gasteiger partial charge in [0.05, 0.1) is 4.90 Å². The van der Waals surface area contributed by atoms with Gasteiger partial charge in [0.25, 0.3) is 0 Å². The fourth-order valence-corrected chi connectivity index (χ4v) is 3.48. The second kappa shape index (κ2) is 7.76. The van der Waals surface area contributed by atoms with Gasteiger partial charge >= 0.3 is 0 Å². The summed E-state index contributed by atoms with van der Waals surface area (Å²) in [6.45, 7) is 6.84. The van der Waals surface area contributed by atoms with E-state index < -0.39 is 10.0 Å². The Morgan fingerprint density at radius 1 is 1.10 bits per heavy atom. The van der Waals surface area contributed by atoms with Crippen LogP contribution in [0.5, 0.6) is 0 Å². The Kier molecular flexibility index (Phi) is 6.65. The highest BCUT2D eigenvalue weighted by Crippen LogP contribution is 2.17. The van der Waals surface area contributed by atoms with Crippen molar-refractivity contribution in [3.63, 3.8) is 0 Å². The number of sulfonamides is 1. The van der Waals surface area contributed by atoms with Crippen molar-refractivity contribution < 1.29 is 8.42 Å². The summed E-state index contributed by atoms with van der Waals surface area (Å²) in [6.07, 6.45) is 1.73. The van der Waals surface area contributed by atoms with E-state index in [1.807, 2.05) is 6.92 Å². The Hall–Kier alpha value is -0.910. The largest absolute Gasteiger partial charge is 0.330 e.